The first-order valence-corrected chi connectivity index (χ1v) is 5.68. The third-order valence-electron chi connectivity index (χ3n) is 3.00. The van der Waals surface area contributed by atoms with Crippen LogP contribution in [0.4, 0.5) is 0 Å². The zero-order chi connectivity index (χ0) is 11.7. The maximum atomic E-state index is 3.90. The molecule has 0 fully saturated rings. The van der Waals surface area contributed by atoms with E-state index in [0.717, 1.165) is 0 Å². The van der Waals surface area contributed by atoms with Crippen LogP contribution in [-0.4, -0.2) is 4.57 Å². The molecule has 3 aromatic rings. The highest BCUT2D eigenvalue weighted by molar-refractivity contribution is 5.89. The molecule has 0 radical (unpaired) electrons. The minimum absolute atomic E-state index is 1.18. The van der Waals surface area contributed by atoms with Crippen molar-refractivity contribution in [3.05, 3.63) is 67.2 Å². The number of rotatable bonds is 2. The maximum Gasteiger partial charge on any atom is 0.0534 e. The lowest BCUT2D eigenvalue weighted by molar-refractivity contribution is 1.24. The first-order valence-electron chi connectivity index (χ1n) is 5.68. The molecule has 0 atom stereocenters. The van der Waals surface area contributed by atoms with Gasteiger partial charge in [-0.3, -0.25) is 0 Å². The molecule has 0 aliphatic heterocycles. The number of hydrogen-bond acceptors (Lipinski definition) is 0. The lowest BCUT2D eigenvalue weighted by Crippen LogP contribution is -1.88. The van der Waals surface area contributed by atoms with Crippen molar-refractivity contribution in [2.45, 2.75) is 0 Å². The van der Waals surface area contributed by atoms with Crippen molar-refractivity contribution in [3.8, 4) is 11.3 Å². The summed E-state index contributed by atoms with van der Waals surface area (Å²) in [4.78, 5) is 0. The molecule has 0 bridgehead atoms. The van der Waals surface area contributed by atoms with Crippen LogP contribution in [0.25, 0.3) is 28.4 Å². The quantitative estimate of drug-likeness (QED) is 0.601. The van der Waals surface area contributed by atoms with Crippen LogP contribution in [-0.2, 0) is 0 Å². The van der Waals surface area contributed by atoms with E-state index in [1.807, 2.05) is 12.3 Å². The SMILES string of the molecule is C=Cn1c(-c2ccccc2)cc2ccccc21. The molecule has 1 nitrogen and oxygen atoms in total. The smallest absolute Gasteiger partial charge is 0.0534 e. The molecule has 1 heteroatoms. The molecular formula is C16H13N. The molecule has 2 aromatic carbocycles. The van der Waals surface area contributed by atoms with E-state index in [9.17, 15) is 0 Å². The maximum absolute atomic E-state index is 3.90. The summed E-state index contributed by atoms with van der Waals surface area (Å²) in [6.07, 6.45) is 1.87. The minimum Gasteiger partial charge on any atom is -0.317 e. The molecule has 3 rings (SSSR count). The Morgan fingerprint density at radius 3 is 2.35 bits per heavy atom. The predicted molar refractivity (Wildman–Crippen MR) is 73.8 cm³/mol. The van der Waals surface area contributed by atoms with E-state index >= 15 is 0 Å². The van der Waals surface area contributed by atoms with Gasteiger partial charge in [0.05, 0.1) is 11.2 Å². The summed E-state index contributed by atoms with van der Waals surface area (Å²) in [5.74, 6) is 0. The van der Waals surface area contributed by atoms with Gasteiger partial charge < -0.3 is 4.57 Å². The monoisotopic (exact) mass is 219 g/mol. The highest BCUT2D eigenvalue weighted by Gasteiger charge is 2.07. The predicted octanol–water partition coefficient (Wildman–Crippen LogP) is 4.41. The summed E-state index contributed by atoms with van der Waals surface area (Å²) in [6, 6.07) is 20.9. The van der Waals surface area contributed by atoms with E-state index in [1.54, 1.807) is 0 Å². The van der Waals surface area contributed by atoms with Gasteiger partial charge in [-0.1, -0.05) is 55.1 Å². The van der Waals surface area contributed by atoms with Crippen molar-refractivity contribution in [2.75, 3.05) is 0 Å². The standard InChI is InChI=1S/C16H13N/c1-2-17-15-11-7-6-10-14(15)12-16(17)13-8-4-3-5-9-13/h2-12H,1H2. The Kier molecular flexibility index (Phi) is 2.30. The molecule has 0 saturated carbocycles. The Bertz CT molecular complexity index is 662. The van der Waals surface area contributed by atoms with Gasteiger partial charge in [0, 0.05) is 11.6 Å². The normalized spacial score (nSPS) is 10.6. The van der Waals surface area contributed by atoms with Crippen LogP contribution in [0.15, 0.2) is 67.2 Å². The summed E-state index contributed by atoms with van der Waals surface area (Å²) >= 11 is 0. The highest BCUT2D eigenvalue weighted by atomic mass is 15.0. The van der Waals surface area contributed by atoms with E-state index < -0.39 is 0 Å². The fraction of sp³-hybridized carbons (Fsp3) is 0. The number of para-hydroxylation sites is 1. The summed E-state index contributed by atoms with van der Waals surface area (Å²) < 4.78 is 2.13. The van der Waals surface area contributed by atoms with Gasteiger partial charge >= 0.3 is 0 Å². The molecule has 0 aliphatic carbocycles. The minimum atomic E-state index is 1.18. The Morgan fingerprint density at radius 2 is 1.59 bits per heavy atom. The van der Waals surface area contributed by atoms with Gasteiger partial charge in [0.1, 0.15) is 0 Å². The first-order chi connectivity index (χ1) is 8.40. The van der Waals surface area contributed by atoms with Gasteiger partial charge in [-0.25, -0.2) is 0 Å². The van der Waals surface area contributed by atoms with Crippen LogP contribution < -0.4 is 0 Å². The summed E-state index contributed by atoms with van der Waals surface area (Å²) in [5, 5.41) is 1.24. The Labute approximate surface area is 101 Å². The van der Waals surface area contributed by atoms with Gasteiger partial charge in [0.15, 0.2) is 0 Å². The average Bonchev–Trinajstić information content (AvgIpc) is 2.78. The second-order valence-corrected chi connectivity index (χ2v) is 4.01. The zero-order valence-electron chi connectivity index (χ0n) is 9.51. The van der Waals surface area contributed by atoms with E-state index in [4.69, 9.17) is 0 Å². The Morgan fingerprint density at radius 1 is 0.882 bits per heavy atom. The van der Waals surface area contributed by atoms with Crippen molar-refractivity contribution in [1.82, 2.24) is 4.57 Å². The molecule has 82 valence electrons. The molecule has 0 amide bonds. The molecule has 1 heterocycles. The first kappa shape index (κ1) is 9.91. The van der Waals surface area contributed by atoms with Gasteiger partial charge in [-0.15, -0.1) is 0 Å². The molecule has 0 unspecified atom stereocenters. The lowest BCUT2D eigenvalue weighted by atomic mass is 10.1. The van der Waals surface area contributed by atoms with E-state index in [0.29, 0.717) is 0 Å². The van der Waals surface area contributed by atoms with Crippen molar-refractivity contribution >= 4 is 17.1 Å². The fourth-order valence-corrected chi connectivity index (χ4v) is 2.20. The van der Waals surface area contributed by atoms with Crippen LogP contribution in [0, 0.1) is 0 Å². The van der Waals surface area contributed by atoms with Crippen molar-refractivity contribution in [1.29, 1.82) is 0 Å². The molecule has 0 aliphatic rings. The van der Waals surface area contributed by atoms with E-state index in [1.165, 1.54) is 22.2 Å². The van der Waals surface area contributed by atoms with E-state index in [2.05, 4.69) is 65.7 Å². The Balaban J connectivity index is 2.33. The molecule has 0 saturated heterocycles. The third-order valence-corrected chi connectivity index (χ3v) is 3.00. The summed E-state index contributed by atoms with van der Waals surface area (Å²) in [5.41, 5.74) is 3.59. The zero-order valence-corrected chi connectivity index (χ0v) is 9.51. The summed E-state index contributed by atoms with van der Waals surface area (Å²) in [6.45, 7) is 3.90. The fourth-order valence-electron chi connectivity index (χ4n) is 2.20. The number of aromatic nitrogens is 1. The van der Waals surface area contributed by atoms with Crippen LogP contribution >= 0.6 is 0 Å². The van der Waals surface area contributed by atoms with Crippen molar-refractivity contribution < 1.29 is 0 Å². The molecule has 17 heavy (non-hydrogen) atoms. The molecular weight excluding hydrogens is 206 g/mol. The van der Waals surface area contributed by atoms with Crippen LogP contribution in [0.3, 0.4) is 0 Å². The number of nitrogens with zero attached hydrogens (tertiary/aromatic N) is 1. The van der Waals surface area contributed by atoms with Crippen LogP contribution in [0.2, 0.25) is 0 Å². The Hall–Kier alpha value is -2.28. The van der Waals surface area contributed by atoms with Gasteiger partial charge in [0.2, 0.25) is 0 Å². The summed E-state index contributed by atoms with van der Waals surface area (Å²) in [7, 11) is 0. The average molecular weight is 219 g/mol. The van der Waals surface area contributed by atoms with Crippen LogP contribution in [0.1, 0.15) is 0 Å². The molecule has 0 spiro atoms. The van der Waals surface area contributed by atoms with Crippen molar-refractivity contribution in [3.63, 3.8) is 0 Å². The lowest BCUT2D eigenvalue weighted by Gasteiger charge is -2.04. The van der Waals surface area contributed by atoms with Gasteiger partial charge in [-0.05, 0) is 17.7 Å². The third kappa shape index (κ3) is 1.56. The molecule has 1 aromatic heterocycles. The second kappa shape index (κ2) is 3.95. The van der Waals surface area contributed by atoms with Crippen LogP contribution in [0.5, 0.6) is 0 Å². The number of benzene rings is 2. The van der Waals surface area contributed by atoms with Crippen molar-refractivity contribution in [2.24, 2.45) is 0 Å². The second-order valence-electron chi connectivity index (χ2n) is 4.01. The number of fused-ring (bicyclic) bond motifs is 1. The number of hydrogen-bond donors (Lipinski definition) is 0. The largest absolute Gasteiger partial charge is 0.317 e. The van der Waals surface area contributed by atoms with E-state index in [-0.39, 0.29) is 0 Å². The molecule has 0 N–H and O–H groups in total. The highest BCUT2D eigenvalue weighted by Crippen LogP contribution is 2.28. The van der Waals surface area contributed by atoms with Gasteiger partial charge in [0.25, 0.3) is 0 Å². The van der Waals surface area contributed by atoms with Gasteiger partial charge in [-0.2, -0.15) is 0 Å². The topological polar surface area (TPSA) is 4.93 Å².